The number of nitrogens with two attached hydrogens (primary N) is 1. The van der Waals surface area contributed by atoms with E-state index < -0.39 is 12.1 Å². The van der Waals surface area contributed by atoms with Crippen LogP contribution in [0.2, 0.25) is 0 Å². The summed E-state index contributed by atoms with van der Waals surface area (Å²) < 4.78 is 0. The summed E-state index contributed by atoms with van der Waals surface area (Å²) in [5.74, 6) is -0.424. The third-order valence-electron chi connectivity index (χ3n) is 3.21. The summed E-state index contributed by atoms with van der Waals surface area (Å²) in [6.45, 7) is 4.16. The van der Waals surface area contributed by atoms with Crippen molar-refractivity contribution in [2.24, 2.45) is 5.73 Å². The molecule has 2 amide bonds. The molecule has 0 radical (unpaired) electrons. The first kappa shape index (κ1) is 19.4. The number of likely N-dealkylation sites (N-methyl/N-ethyl adjacent to an activating group) is 1. The number of hydrogen-bond donors (Lipinski definition) is 2. The summed E-state index contributed by atoms with van der Waals surface area (Å²) in [5.41, 5.74) is 6.87. The van der Waals surface area contributed by atoms with Gasteiger partial charge in [0, 0.05) is 13.6 Å². The Kier molecular flexibility index (Phi) is 8.66. The summed E-state index contributed by atoms with van der Waals surface area (Å²) in [5, 5.41) is 2.66. The molecule has 2 unspecified atom stereocenters. The second-order valence-corrected chi connectivity index (χ2v) is 4.88. The molecule has 0 spiro atoms. The van der Waals surface area contributed by atoms with Crippen molar-refractivity contribution in [1.29, 1.82) is 0 Å². The van der Waals surface area contributed by atoms with Crippen molar-refractivity contribution in [3.8, 4) is 0 Å². The lowest BCUT2D eigenvalue weighted by molar-refractivity contribution is -0.135. The first-order valence-corrected chi connectivity index (χ1v) is 6.80. The maximum atomic E-state index is 12.0. The smallest absolute Gasteiger partial charge is 0.244 e. The highest BCUT2D eigenvalue weighted by molar-refractivity contribution is 5.89. The van der Waals surface area contributed by atoms with Crippen LogP contribution in [0.5, 0.6) is 0 Å². The van der Waals surface area contributed by atoms with Gasteiger partial charge in [-0.15, -0.1) is 12.4 Å². The molecule has 6 heteroatoms. The van der Waals surface area contributed by atoms with Crippen LogP contribution in [0.25, 0.3) is 0 Å². The van der Waals surface area contributed by atoms with E-state index in [0.717, 1.165) is 5.56 Å². The zero-order chi connectivity index (χ0) is 15.1. The highest BCUT2D eigenvalue weighted by Gasteiger charge is 2.21. The van der Waals surface area contributed by atoms with Gasteiger partial charge >= 0.3 is 0 Å². The third-order valence-corrected chi connectivity index (χ3v) is 3.21. The fourth-order valence-electron chi connectivity index (χ4n) is 1.83. The standard InChI is InChI=1S/C15H23N3O2.ClH/c1-4-18(3)15(20)11(2)17-14(19)13(16)10-12-8-6-5-7-9-12;/h5-9,11,13H,4,10,16H2,1-3H3,(H,17,19);1H. The molecule has 0 aliphatic heterocycles. The Morgan fingerprint density at radius 1 is 1.29 bits per heavy atom. The number of amides is 2. The quantitative estimate of drug-likeness (QED) is 0.821. The lowest BCUT2D eigenvalue weighted by Crippen LogP contribution is -2.51. The van der Waals surface area contributed by atoms with E-state index in [1.54, 1.807) is 18.9 Å². The summed E-state index contributed by atoms with van der Waals surface area (Å²) in [4.78, 5) is 25.4. The van der Waals surface area contributed by atoms with Crippen LogP contribution in [0.4, 0.5) is 0 Å². The van der Waals surface area contributed by atoms with Crippen LogP contribution in [0.1, 0.15) is 19.4 Å². The van der Waals surface area contributed by atoms with E-state index in [1.807, 2.05) is 37.3 Å². The van der Waals surface area contributed by atoms with Gasteiger partial charge in [0.2, 0.25) is 11.8 Å². The van der Waals surface area contributed by atoms with Gasteiger partial charge in [-0.1, -0.05) is 30.3 Å². The summed E-state index contributed by atoms with van der Waals surface area (Å²) in [7, 11) is 1.70. The molecule has 2 atom stereocenters. The van der Waals surface area contributed by atoms with Crippen molar-refractivity contribution < 1.29 is 9.59 Å². The minimum atomic E-state index is -0.653. The number of halogens is 1. The molecular formula is C15H24ClN3O2. The summed E-state index contributed by atoms with van der Waals surface area (Å²) >= 11 is 0. The van der Waals surface area contributed by atoms with Crippen LogP contribution in [-0.4, -0.2) is 42.4 Å². The number of nitrogens with zero attached hydrogens (tertiary/aromatic N) is 1. The zero-order valence-electron chi connectivity index (χ0n) is 12.7. The monoisotopic (exact) mass is 313 g/mol. The fourth-order valence-corrected chi connectivity index (χ4v) is 1.83. The SMILES string of the molecule is CCN(C)C(=O)C(C)NC(=O)C(N)Cc1ccccc1.Cl. The molecule has 0 saturated heterocycles. The van der Waals surface area contributed by atoms with E-state index in [-0.39, 0.29) is 24.2 Å². The minimum absolute atomic E-state index is 0. The molecule has 5 nitrogen and oxygen atoms in total. The number of nitrogens with one attached hydrogen (secondary N) is 1. The number of carbonyl (C=O) groups is 2. The lowest BCUT2D eigenvalue weighted by atomic mass is 10.1. The molecule has 1 rings (SSSR count). The first-order valence-electron chi connectivity index (χ1n) is 6.80. The van der Waals surface area contributed by atoms with Gasteiger partial charge in [0.05, 0.1) is 6.04 Å². The van der Waals surface area contributed by atoms with Gasteiger partial charge in [-0.05, 0) is 25.8 Å². The van der Waals surface area contributed by atoms with Crippen LogP contribution in [-0.2, 0) is 16.0 Å². The molecule has 1 aromatic rings. The molecule has 21 heavy (non-hydrogen) atoms. The zero-order valence-corrected chi connectivity index (χ0v) is 13.5. The van der Waals surface area contributed by atoms with Crippen LogP contribution in [0.15, 0.2) is 30.3 Å². The van der Waals surface area contributed by atoms with Gasteiger partial charge in [-0.25, -0.2) is 0 Å². The Bertz CT molecular complexity index is 453. The maximum Gasteiger partial charge on any atom is 0.244 e. The van der Waals surface area contributed by atoms with Gasteiger partial charge < -0.3 is 16.0 Å². The van der Waals surface area contributed by atoms with Crippen molar-refractivity contribution in [1.82, 2.24) is 10.2 Å². The molecule has 1 aromatic carbocycles. The molecule has 0 aromatic heterocycles. The normalized spacial score (nSPS) is 12.8. The van der Waals surface area contributed by atoms with Gasteiger partial charge in [0.15, 0.2) is 0 Å². The Morgan fingerprint density at radius 3 is 2.38 bits per heavy atom. The second-order valence-electron chi connectivity index (χ2n) is 4.88. The highest BCUT2D eigenvalue weighted by atomic mass is 35.5. The molecule has 0 fully saturated rings. The summed E-state index contributed by atoms with van der Waals surface area (Å²) in [6, 6.07) is 8.36. The molecule has 118 valence electrons. The van der Waals surface area contributed by atoms with Crippen LogP contribution in [0, 0.1) is 0 Å². The van der Waals surface area contributed by atoms with Gasteiger partial charge in [-0.2, -0.15) is 0 Å². The number of benzene rings is 1. The second kappa shape index (κ2) is 9.37. The Hall–Kier alpha value is -1.59. The van der Waals surface area contributed by atoms with E-state index in [4.69, 9.17) is 5.73 Å². The first-order chi connectivity index (χ1) is 9.45. The fraction of sp³-hybridized carbons (Fsp3) is 0.467. The average Bonchev–Trinajstić information content (AvgIpc) is 2.46. The minimum Gasteiger partial charge on any atom is -0.344 e. The van der Waals surface area contributed by atoms with Crippen LogP contribution >= 0.6 is 12.4 Å². The molecule has 0 heterocycles. The van der Waals surface area contributed by atoms with Crippen molar-refractivity contribution in [3.05, 3.63) is 35.9 Å². The van der Waals surface area contributed by atoms with Crippen LogP contribution < -0.4 is 11.1 Å². The van der Waals surface area contributed by atoms with Gasteiger partial charge in [0.1, 0.15) is 6.04 Å². The highest BCUT2D eigenvalue weighted by Crippen LogP contribution is 2.02. The molecule has 0 bridgehead atoms. The molecule has 3 N–H and O–H groups in total. The number of rotatable bonds is 6. The molecule has 0 aliphatic rings. The predicted molar refractivity (Wildman–Crippen MR) is 86.3 cm³/mol. The molecule has 0 saturated carbocycles. The summed E-state index contributed by atoms with van der Waals surface area (Å²) in [6.07, 6.45) is 0.456. The predicted octanol–water partition coefficient (Wildman–Crippen LogP) is 0.961. The van der Waals surface area contributed by atoms with Gasteiger partial charge in [-0.3, -0.25) is 9.59 Å². The van der Waals surface area contributed by atoms with E-state index in [9.17, 15) is 9.59 Å². The topological polar surface area (TPSA) is 75.4 Å². The van der Waals surface area contributed by atoms with Crippen molar-refractivity contribution in [2.75, 3.05) is 13.6 Å². The van der Waals surface area contributed by atoms with Gasteiger partial charge in [0.25, 0.3) is 0 Å². The van der Waals surface area contributed by atoms with Crippen LogP contribution in [0.3, 0.4) is 0 Å². The molecule has 0 aliphatic carbocycles. The van der Waals surface area contributed by atoms with Crippen molar-refractivity contribution in [2.45, 2.75) is 32.4 Å². The largest absolute Gasteiger partial charge is 0.344 e. The lowest BCUT2D eigenvalue weighted by Gasteiger charge is -2.22. The number of carbonyl (C=O) groups excluding carboxylic acids is 2. The third kappa shape index (κ3) is 6.14. The average molecular weight is 314 g/mol. The Morgan fingerprint density at radius 2 is 1.86 bits per heavy atom. The van der Waals surface area contributed by atoms with E-state index >= 15 is 0 Å². The number of hydrogen-bond acceptors (Lipinski definition) is 3. The van der Waals surface area contributed by atoms with Crippen molar-refractivity contribution >= 4 is 24.2 Å². The Balaban J connectivity index is 0.00000400. The van der Waals surface area contributed by atoms with E-state index in [2.05, 4.69) is 5.32 Å². The maximum absolute atomic E-state index is 12.0. The molecular weight excluding hydrogens is 290 g/mol. The Labute approximate surface area is 132 Å². The van der Waals surface area contributed by atoms with Crippen molar-refractivity contribution in [3.63, 3.8) is 0 Å². The van der Waals surface area contributed by atoms with E-state index in [1.165, 1.54) is 0 Å². The van der Waals surface area contributed by atoms with E-state index in [0.29, 0.717) is 13.0 Å².